The van der Waals surface area contributed by atoms with Gasteiger partial charge in [0.2, 0.25) is 0 Å². The molecule has 0 bridgehead atoms. The highest BCUT2D eigenvalue weighted by Gasteiger charge is 2.06. The smallest absolute Gasteiger partial charge is 0.185 e. The summed E-state index contributed by atoms with van der Waals surface area (Å²) in [4.78, 5) is 16.5. The molecule has 3 rings (SSSR count). The van der Waals surface area contributed by atoms with Crippen molar-refractivity contribution >= 4 is 34.4 Å². The van der Waals surface area contributed by atoms with Crippen molar-refractivity contribution in [3.63, 3.8) is 0 Å². The number of aromatic nitrogens is 1. The van der Waals surface area contributed by atoms with Crippen LogP contribution in [0.25, 0.3) is 17.0 Å². The van der Waals surface area contributed by atoms with Gasteiger partial charge in [0.1, 0.15) is 16.7 Å². The third-order valence-electron chi connectivity index (χ3n) is 3.62. The summed E-state index contributed by atoms with van der Waals surface area (Å²) in [7, 11) is 0. The highest BCUT2D eigenvalue weighted by molar-refractivity contribution is 6.31. The third kappa shape index (κ3) is 4.03. The molecule has 0 aliphatic rings. The number of ether oxygens (including phenoxy) is 1. The number of rotatable bonds is 5. The van der Waals surface area contributed by atoms with Crippen LogP contribution >= 0.6 is 11.6 Å². The molecular weight excluding hydrogens is 341 g/mol. The number of halogens is 2. The Morgan fingerprint density at radius 1 is 1.20 bits per heavy atom. The molecule has 0 amide bonds. The first-order chi connectivity index (χ1) is 12.1. The van der Waals surface area contributed by atoms with Gasteiger partial charge in [-0.3, -0.25) is 4.79 Å². The molecule has 1 heterocycles. The molecule has 0 aliphatic heterocycles. The van der Waals surface area contributed by atoms with E-state index in [1.807, 2.05) is 31.2 Å². The fraction of sp³-hybridized carbons (Fsp3) is 0.100. The maximum absolute atomic E-state index is 12.9. The first-order valence-electron chi connectivity index (χ1n) is 7.78. The fourth-order valence-corrected chi connectivity index (χ4v) is 2.61. The number of nitrogens with zero attached hydrogens (tertiary/aromatic N) is 1. The van der Waals surface area contributed by atoms with Gasteiger partial charge in [0.05, 0.1) is 12.1 Å². The highest BCUT2D eigenvalue weighted by atomic mass is 35.5. The highest BCUT2D eigenvalue weighted by Crippen LogP contribution is 2.25. The van der Waals surface area contributed by atoms with Crippen LogP contribution in [0.15, 0.2) is 54.6 Å². The summed E-state index contributed by atoms with van der Waals surface area (Å²) in [6.07, 6.45) is 3.00. The summed E-state index contributed by atoms with van der Waals surface area (Å²) >= 11 is 6.20. The Kier molecular flexibility index (Phi) is 5.10. The number of benzene rings is 2. The van der Waals surface area contributed by atoms with Gasteiger partial charge in [-0.05, 0) is 67.6 Å². The summed E-state index contributed by atoms with van der Waals surface area (Å²) < 4.78 is 18.4. The molecule has 0 N–H and O–H groups in total. The molecule has 25 heavy (non-hydrogen) atoms. The number of hydrogen-bond donors (Lipinski definition) is 0. The van der Waals surface area contributed by atoms with Gasteiger partial charge in [-0.15, -0.1) is 0 Å². The van der Waals surface area contributed by atoms with E-state index < -0.39 is 0 Å². The van der Waals surface area contributed by atoms with Gasteiger partial charge in [-0.2, -0.15) is 0 Å². The van der Waals surface area contributed by atoms with Gasteiger partial charge < -0.3 is 4.74 Å². The van der Waals surface area contributed by atoms with Crippen LogP contribution in [0.5, 0.6) is 5.75 Å². The van der Waals surface area contributed by atoms with Crippen LogP contribution in [0, 0.1) is 5.82 Å². The van der Waals surface area contributed by atoms with Crippen LogP contribution in [-0.2, 0) is 0 Å². The van der Waals surface area contributed by atoms with Crippen molar-refractivity contribution in [2.75, 3.05) is 6.61 Å². The van der Waals surface area contributed by atoms with E-state index in [-0.39, 0.29) is 11.6 Å². The lowest BCUT2D eigenvalue weighted by Crippen LogP contribution is -1.94. The number of allylic oxidation sites excluding steroid dienone is 1. The Labute approximate surface area is 149 Å². The van der Waals surface area contributed by atoms with Crippen LogP contribution in [0.2, 0.25) is 5.15 Å². The van der Waals surface area contributed by atoms with Gasteiger partial charge in [-0.25, -0.2) is 9.37 Å². The molecule has 0 atom stereocenters. The zero-order valence-electron chi connectivity index (χ0n) is 13.5. The Hall–Kier alpha value is -2.72. The predicted octanol–water partition coefficient (Wildman–Crippen LogP) is 5.32. The molecule has 0 fully saturated rings. The van der Waals surface area contributed by atoms with E-state index >= 15 is 0 Å². The molecule has 3 nitrogen and oxygen atoms in total. The van der Waals surface area contributed by atoms with Crippen molar-refractivity contribution in [1.82, 2.24) is 4.98 Å². The standard InChI is InChI=1S/C20H15ClFNO2/c1-2-25-17-8-9-18-15(12-17)11-14(20(21)23-18)5-10-19(24)13-3-6-16(22)7-4-13/h3-12H,2H2,1H3. The molecular formula is C20H15ClFNO2. The maximum Gasteiger partial charge on any atom is 0.185 e. The molecule has 0 spiro atoms. The van der Waals surface area contributed by atoms with Gasteiger partial charge in [0.25, 0.3) is 0 Å². The van der Waals surface area contributed by atoms with E-state index in [4.69, 9.17) is 16.3 Å². The summed E-state index contributed by atoms with van der Waals surface area (Å²) in [6.45, 7) is 2.49. The van der Waals surface area contributed by atoms with Crippen molar-refractivity contribution in [1.29, 1.82) is 0 Å². The van der Waals surface area contributed by atoms with Crippen molar-refractivity contribution in [2.45, 2.75) is 6.92 Å². The van der Waals surface area contributed by atoms with Crippen molar-refractivity contribution in [3.05, 3.63) is 76.7 Å². The molecule has 0 saturated heterocycles. The molecule has 3 aromatic rings. The first-order valence-corrected chi connectivity index (χ1v) is 8.15. The average molecular weight is 356 g/mol. The summed E-state index contributed by atoms with van der Waals surface area (Å²) in [5.74, 6) is 0.128. The lowest BCUT2D eigenvalue weighted by atomic mass is 10.1. The van der Waals surface area contributed by atoms with Crippen LogP contribution in [-0.4, -0.2) is 17.4 Å². The minimum absolute atomic E-state index is 0.237. The lowest BCUT2D eigenvalue weighted by Gasteiger charge is -2.06. The molecule has 0 radical (unpaired) electrons. The molecule has 0 aliphatic carbocycles. The van der Waals surface area contributed by atoms with E-state index in [2.05, 4.69) is 4.98 Å². The van der Waals surface area contributed by atoms with E-state index in [0.29, 0.717) is 22.9 Å². The number of pyridine rings is 1. The molecule has 0 saturated carbocycles. The number of hydrogen-bond acceptors (Lipinski definition) is 3. The predicted molar refractivity (Wildman–Crippen MR) is 97.7 cm³/mol. The Balaban J connectivity index is 1.90. The van der Waals surface area contributed by atoms with E-state index in [0.717, 1.165) is 16.7 Å². The Morgan fingerprint density at radius 2 is 1.96 bits per heavy atom. The van der Waals surface area contributed by atoms with Gasteiger partial charge in [0.15, 0.2) is 5.78 Å². The van der Waals surface area contributed by atoms with Gasteiger partial charge in [-0.1, -0.05) is 11.6 Å². The van der Waals surface area contributed by atoms with Crippen molar-refractivity contribution < 1.29 is 13.9 Å². The third-order valence-corrected chi connectivity index (χ3v) is 3.92. The largest absolute Gasteiger partial charge is 0.494 e. The van der Waals surface area contributed by atoms with Crippen LogP contribution in [0.1, 0.15) is 22.8 Å². The monoisotopic (exact) mass is 355 g/mol. The minimum Gasteiger partial charge on any atom is -0.494 e. The van der Waals surface area contributed by atoms with Gasteiger partial charge >= 0.3 is 0 Å². The van der Waals surface area contributed by atoms with Crippen LogP contribution in [0.4, 0.5) is 4.39 Å². The van der Waals surface area contributed by atoms with Crippen LogP contribution in [0.3, 0.4) is 0 Å². The Morgan fingerprint density at radius 3 is 2.68 bits per heavy atom. The zero-order chi connectivity index (χ0) is 17.8. The summed E-state index contributed by atoms with van der Waals surface area (Å²) in [5.41, 5.74) is 1.77. The zero-order valence-corrected chi connectivity index (χ0v) is 14.3. The SMILES string of the molecule is CCOc1ccc2nc(Cl)c(C=CC(=O)c3ccc(F)cc3)cc2c1. The molecule has 126 valence electrons. The first kappa shape index (κ1) is 17.1. The number of carbonyl (C=O) groups is 1. The van der Waals surface area contributed by atoms with Crippen molar-refractivity contribution in [3.8, 4) is 5.75 Å². The van der Waals surface area contributed by atoms with Crippen molar-refractivity contribution in [2.24, 2.45) is 0 Å². The normalized spacial score (nSPS) is 11.2. The maximum atomic E-state index is 12.9. The quantitative estimate of drug-likeness (QED) is 0.353. The van der Waals surface area contributed by atoms with Crippen LogP contribution < -0.4 is 4.74 Å². The molecule has 2 aromatic carbocycles. The topological polar surface area (TPSA) is 39.2 Å². The fourth-order valence-electron chi connectivity index (χ4n) is 2.40. The minimum atomic E-state index is -0.382. The average Bonchev–Trinajstić information content (AvgIpc) is 2.61. The van der Waals surface area contributed by atoms with E-state index in [1.54, 1.807) is 6.08 Å². The lowest BCUT2D eigenvalue weighted by molar-refractivity contribution is 0.104. The van der Waals surface area contributed by atoms with E-state index in [9.17, 15) is 9.18 Å². The second-order valence-electron chi connectivity index (χ2n) is 5.36. The number of fused-ring (bicyclic) bond motifs is 1. The second-order valence-corrected chi connectivity index (χ2v) is 5.72. The van der Waals surface area contributed by atoms with E-state index in [1.165, 1.54) is 30.3 Å². The molecule has 1 aromatic heterocycles. The summed E-state index contributed by atoms with van der Waals surface area (Å²) in [5, 5.41) is 1.17. The molecule has 0 unspecified atom stereocenters. The Bertz CT molecular complexity index is 952. The van der Waals surface area contributed by atoms with Gasteiger partial charge in [0, 0.05) is 16.5 Å². The molecule has 5 heteroatoms. The number of ketones is 1. The second kappa shape index (κ2) is 7.45. The summed E-state index contributed by atoms with van der Waals surface area (Å²) in [6, 6.07) is 12.8. The number of carbonyl (C=O) groups excluding carboxylic acids is 1.